The molecule has 1 aromatic heterocycles. The Balaban J connectivity index is 2.19. The van der Waals surface area contributed by atoms with Crippen LogP contribution in [0.3, 0.4) is 0 Å². The van der Waals surface area contributed by atoms with Gasteiger partial charge in [0.2, 0.25) is 0 Å². The van der Waals surface area contributed by atoms with Gasteiger partial charge in [-0.1, -0.05) is 0 Å². The summed E-state index contributed by atoms with van der Waals surface area (Å²) < 4.78 is 2.10. The molecule has 1 aromatic rings. The minimum Gasteiger partial charge on any atom is -0.317 e. The Labute approximate surface area is 72.0 Å². The van der Waals surface area contributed by atoms with E-state index in [0.717, 1.165) is 18.9 Å². The largest absolute Gasteiger partial charge is 0.317 e. The Bertz CT molecular complexity index is 249. The van der Waals surface area contributed by atoms with Gasteiger partial charge < -0.3 is 9.88 Å². The average molecular weight is 166 g/mol. The second-order valence-electron chi connectivity index (χ2n) is 3.12. The normalized spacial score (nSPS) is 23.2. The number of hydrogen-bond donors (Lipinski definition) is 1. The number of nitrogens with zero attached hydrogens (tertiary/aromatic N) is 3. The molecule has 4 nitrogen and oxygen atoms in total. The minimum absolute atomic E-state index is 0.437. The van der Waals surface area contributed by atoms with E-state index in [0.29, 0.717) is 6.04 Å². The van der Waals surface area contributed by atoms with E-state index in [1.54, 1.807) is 6.33 Å². The fourth-order valence-corrected chi connectivity index (χ4v) is 1.68. The SMILES string of the molecule is CCn1cnnc1[C@@H]1CCCN1. The lowest BCUT2D eigenvalue weighted by Crippen LogP contribution is -2.17. The van der Waals surface area contributed by atoms with E-state index in [9.17, 15) is 0 Å². The van der Waals surface area contributed by atoms with Gasteiger partial charge in [0.25, 0.3) is 0 Å². The Kier molecular flexibility index (Phi) is 2.08. The Morgan fingerprint density at radius 1 is 1.75 bits per heavy atom. The van der Waals surface area contributed by atoms with Crippen molar-refractivity contribution in [2.24, 2.45) is 0 Å². The molecular formula is C8H14N4. The summed E-state index contributed by atoms with van der Waals surface area (Å²) in [5.41, 5.74) is 0. The third-order valence-electron chi connectivity index (χ3n) is 2.36. The molecule has 0 radical (unpaired) electrons. The van der Waals surface area contributed by atoms with Crippen molar-refractivity contribution in [3.63, 3.8) is 0 Å². The van der Waals surface area contributed by atoms with E-state index >= 15 is 0 Å². The molecule has 2 heterocycles. The van der Waals surface area contributed by atoms with Crippen LogP contribution in [0.2, 0.25) is 0 Å². The molecule has 0 spiro atoms. The van der Waals surface area contributed by atoms with E-state index in [2.05, 4.69) is 27.0 Å². The highest BCUT2D eigenvalue weighted by atomic mass is 15.3. The number of aromatic nitrogens is 3. The van der Waals surface area contributed by atoms with Gasteiger partial charge in [0.05, 0.1) is 6.04 Å². The molecule has 1 atom stereocenters. The smallest absolute Gasteiger partial charge is 0.149 e. The van der Waals surface area contributed by atoms with Crippen molar-refractivity contribution < 1.29 is 0 Å². The molecule has 2 rings (SSSR count). The Morgan fingerprint density at radius 3 is 3.33 bits per heavy atom. The standard InChI is InChI=1S/C8H14N4/c1-2-12-6-10-11-8(12)7-4-3-5-9-7/h6-7,9H,2-5H2,1H3/t7-/m0/s1. The highest BCUT2D eigenvalue weighted by Gasteiger charge is 2.20. The molecule has 0 saturated carbocycles. The maximum atomic E-state index is 4.12. The van der Waals surface area contributed by atoms with Gasteiger partial charge in [-0.2, -0.15) is 0 Å². The van der Waals surface area contributed by atoms with Crippen molar-refractivity contribution >= 4 is 0 Å². The molecule has 1 aliphatic rings. The van der Waals surface area contributed by atoms with Crippen LogP contribution in [0.5, 0.6) is 0 Å². The van der Waals surface area contributed by atoms with Crippen LogP contribution in [0.1, 0.15) is 31.6 Å². The van der Waals surface area contributed by atoms with Crippen LogP contribution in [0.4, 0.5) is 0 Å². The monoisotopic (exact) mass is 166 g/mol. The van der Waals surface area contributed by atoms with Crippen LogP contribution in [0, 0.1) is 0 Å². The van der Waals surface area contributed by atoms with Gasteiger partial charge in [0.1, 0.15) is 12.2 Å². The first-order chi connectivity index (χ1) is 5.92. The highest BCUT2D eigenvalue weighted by Crippen LogP contribution is 2.20. The molecule has 1 N–H and O–H groups in total. The zero-order valence-corrected chi connectivity index (χ0v) is 7.32. The summed E-state index contributed by atoms with van der Waals surface area (Å²) in [7, 11) is 0. The van der Waals surface area contributed by atoms with Crippen LogP contribution in [-0.4, -0.2) is 21.3 Å². The predicted molar refractivity (Wildman–Crippen MR) is 45.7 cm³/mol. The third kappa shape index (κ3) is 1.22. The summed E-state index contributed by atoms with van der Waals surface area (Å²) in [6.45, 7) is 4.18. The van der Waals surface area contributed by atoms with Crippen LogP contribution in [0.25, 0.3) is 0 Å². The van der Waals surface area contributed by atoms with Crippen LogP contribution in [0.15, 0.2) is 6.33 Å². The molecule has 4 heteroatoms. The predicted octanol–water partition coefficient (Wildman–Crippen LogP) is 0.722. The second kappa shape index (κ2) is 3.23. The van der Waals surface area contributed by atoms with Gasteiger partial charge in [-0.15, -0.1) is 10.2 Å². The lowest BCUT2D eigenvalue weighted by Gasteiger charge is -2.09. The van der Waals surface area contributed by atoms with Crippen molar-refractivity contribution in [1.29, 1.82) is 0 Å². The van der Waals surface area contributed by atoms with E-state index in [-0.39, 0.29) is 0 Å². The molecular weight excluding hydrogens is 152 g/mol. The zero-order valence-electron chi connectivity index (χ0n) is 7.32. The topological polar surface area (TPSA) is 42.7 Å². The molecule has 0 aliphatic carbocycles. The van der Waals surface area contributed by atoms with E-state index in [4.69, 9.17) is 0 Å². The van der Waals surface area contributed by atoms with Crippen molar-refractivity contribution in [1.82, 2.24) is 20.1 Å². The first-order valence-electron chi connectivity index (χ1n) is 4.53. The quantitative estimate of drug-likeness (QED) is 0.704. The maximum Gasteiger partial charge on any atom is 0.149 e. The molecule has 0 bridgehead atoms. The molecule has 1 aliphatic heterocycles. The Hall–Kier alpha value is -0.900. The summed E-state index contributed by atoms with van der Waals surface area (Å²) in [5.74, 6) is 1.09. The summed E-state index contributed by atoms with van der Waals surface area (Å²) >= 11 is 0. The average Bonchev–Trinajstić information content (AvgIpc) is 2.74. The van der Waals surface area contributed by atoms with Gasteiger partial charge in [0.15, 0.2) is 0 Å². The third-order valence-corrected chi connectivity index (χ3v) is 2.36. The molecule has 0 aromatic carbocycles. The first-order valence-corrected chi connectivity index (χ1v) is 4.53. The number of rotatable bonds is 2. The van der Waals surface area contributed by atoms with E-state index in [1.165, 1.54) is 12.8 Å². The van der Waals surface area contributed by atoms with Gasteiger partial charge in [-0.25, -0.2) is 0 Å². The Morgan fingerprint density at radius 2 is 2.67 bits per heavy atom. The van der Waals surface area contributed by atoms with Crippen molar-refractivity contribution in [3.05, 3.63) is 12.2 Å². The summed E-state index contributed by atoms with van der Waals surface area (Å²) in [6, 6.07) is 0.437. The molecule has 0 amide bonds. The number of hydrogen-bond acceptors (Lipinski definition) is 3. The second-order valence-corrected chi connectivity index (χ2v) is 3.12. The van der Waals surface area contributed by atoms with Gasteiger partial charge in [-0.3, -0.25) is 0 Å². The number of aryl methyl sites for hydroxylation is 1. The summed E-state index contributed by atoms with van der Waals surface area (Å²) in [4.78, 5) is 0. The van der Waals surface area contributed by atoms with Gasteiger partial charge in [0, 0.05) is 6.54 Å². The van der Waals surface area contributed by atoms with E-state index in [1.807, 2.05) is 0 Å². The summed E-state index contributed by atoms with van der Waals surface area (Å²) in [5, 5.41) is 11.4. The van der Waals surface area contributed by atoms with Crippen molar-refractivity contribution in [2.45, 2.75) is 32.4 Å². The molecule has 0 unspecified atom stereocenters. The molecule has 1 fully saturated rings. The lowest BCUT2D eigenvalue weighted by molar-refractivity contribution is 0.557. The first kappa shape index (κ1) is 7.73. The fraction of sp³-hybridized carbons (Fsp3) is 0.750. The maximum absolute atomic E-state index is 4.12. The molecule has 12 heavy (non-hydrogen) atoms. The van der Waals surface area contributed by atoms with Crippen LogP contribution >= 0.6 is 0 Å². The van der Waals surface area contributed by atoms with Crippen LogP contribution in [-0.2, 0) is 6.54 Å². The van der Waals surface area contributed by atoms with Gasteiger partial charge in [-0.05, 0) is 26.3 Å². The molecule has 1 saturated heterocycles. The zero-order chi connectivity index (χ0) is 8.39. The minimum atomic E-state index is 0.437. The van der Waals surface area contributed by atoms with Gasteiger partial charge >= 0.3 is 0 Å². The van der Waals surface area contributed by atoms with E-state index < -0.39 is 0 Å². The van der Waals surface area contributed by atoms with Crippen molar-refractivity contribution in [2.75, 3.05) is 6.54 Å². The molecule has 66 valence electrons. The number of nitrogens with one attached hydrogen (secondary N) is 1. The summed E-state index contributed by atoms with van der Waals surface area (Å²) in [6.07, 6.45) is 4.25. The fourth-order valence-electron chi connectivity index (χ4n) is 1.68. The van der Waals surface area contributed by atoms with Crippen molar-refractivity contribution in [3.8, 4) is 0 Å². The highest BCUT2D eigenvalue weighted by molar-refractivity contribution is 4.97. The lowest BCUT2D eigenvalue weighted by atomic mass is 10.2. The van der Waals surface area contributed by atoms with Crippen LogP contribution < -0.4 is 5.32 Å².